The van der Waals surface area contributed by atoms with Gasteiger partial charge in [0.1, 0.15) is 18.1 Å². The second kappa shape index (κ2) is 11.3. The predicted octanol–water partition coefficient (Wildman–Crippen LogP) is 6.40. The van der Waals surface area contributed by atoms with E-state index in [9.17, 15) is 0 Å². The Balaban J connectivity index is 0.00000280. The monoisotopic (exact) mass is 481 g/mol. The molecule has 6 heteroatoms. The summed E-state index contributed by atoms with van der Waals surface area (Å²) < 4.78 is 12.2. The molecular weight excluding hydrogens is 461 g/mol. The largest absolute Gasteiger partial charge is 0.497 e. The molecule has 3 aromatic rings. The van der Waals surface area contributed by atoms with E-state index in [4.69, 9.17) is 21.1 Å². The van der Waals surface area contributed by atoms with Crippen molar-refractivity contribution in [2.24, 2.45) is 0 Å². The molecule has 0 fully saturated rings. The summed E-state index contributed by atoms with van der Waals surface area (Å²) in [5, 5.41) is 4.18. The molecule has 148 valence electrons. The predicted molar refractivity (Wildman–Crippen MR) is 121 cm³/mol. The van der Waals surface area contributed by atoms with Crippen molar-refractivity contribution in [1.82, 2.24) is 5.32 Å². The molecule has 0 aliphatic carbocycles. The van der Waals surface area contributed by atoms with E-state index in [1.165, 1.54) is 5.56 Å². The van der Waals surface area contributed by atoms with E-state index in [-0.39, 0.29) is 12.4 Å². The molecule has 1 N–H and O–H groups in total. The molecule has 0 bridgehead atoms. The summed E-state index contributed by atoms with van der Waals surface area (Å²) in [6.07, 6.45) is 0. The molecule has 0 radical (unpaired) electrons. The van der Waals surface area contributed by atoms with Gasteiger partial charge in [-0.25, -0.2) is 0 Å². The Labute approximate surface area is 185 Å². The van der Waals surface area contributed by atoms with Crippen molar-refractivity contribution in [3.8, 4) is 11.5 Å². The summed E-state index contributed by atoms with van der Waals surface area (Å²) in [5.74, 6) is 1.71. The molecular formula is C22H22BrCl2NO2. The van der Waals surface area contributed by atoms with E-state index >= 15 is 0 Å². The van der Waals surface area contributed by atoms with Crippen molar-refractivity contribution in [3.63, 3.8) is 0 Å². The molecule has 28 heavy (non-hydrogen) atoms. The maximum atomic E-state index is 6.22. The van der Waals surface area contributed by atoms with E-state index in [1.807, 2.05) is 48.5 Å². The molecule has 0 unspecified atom stereocenters. The van der Waals surface area contributed by atoms with Crippen LogP contribution in [0.25, 0.3) is 0 Å². The molecule has 0 heterocycles. The molecule has 0 atom stereocenters. The number of nitrogens with one attached hydrogen (secondary N) is 1. The van der Waals surface area contributed by atoms with Crippen LogP contribution in [0.5, 0.6) is 11.5 Å². The Morgan fingerprint density at radius 1 is 0.929 bits per heavy atom. The van der Waals surface area contributed by atoms with Crippen molar-refractivity contribution in [3.05, 3.63) is 92.9 Å². The van der Waals surface area contributed by atoms with E-state index in [0.717, 1.165) is 33.6 Å². The average Bonchev–Trinajstić information content (AvgIpc) is 2.69. The number of halogens is 3. The Kier molecular flexibility index (Phi) is 9.13. The molecule has 3 aromatic carbocycles. The second-order valence-electron chi connectivity index (χ2n) is 6.08. The number of hydrogen-bond acceptors (Lipinski definition) is 3. The van der Waals surface area contributed by atoms with E-state index in [1.54, 1.807) is 7.11 Å². The van der Waals surface area contributed by atoms with Gasteiger partial charge in [0, 0.05) is 33.7 Å². The van der Waals surface area contributed by atoms with Gasteiger partial charge in [-0.2, -0.15) is 0 Å². The first-order chi connectivity index (χ1) is 13.2. The van der Waals surface area contributed by atoms with Gasteiger partial charge in [0.25, 0.3) is 0 Å². The van der Waals surface area contributed by atoms with Crippen molar-refractivity contribution in [2.75, 3.05) is 7.11 Å². The van der Waals surface area contributed by atoms with E-state index in [2.05, 4.69) is 39.4 Å². The van der Waals surface area contributed by atoms with Crippen molar-refractivity contribution in [1.29, 1.82) is 0 Å². The molecule has 0 saturated carbocycles. The molecule has 0 amide bonds. The van der Waals surface area contributed by atoms with Crippen LogP contribution in [0.3, 0.4) is 0 Å². The van der Waals surface area contributed by atoms with Crippen LogP contribution in [0.1, 0.15) is 16.7 Å². The Hall–Kier alpha value is -1.72. The third kappa shape index (κ3) is 6.42. The summed E-state index contributed by atoms with van der Waals surface area (Å²) in [6.45, 7) is 1.90. The number of methoxy groups -OCH3 is 1. The van der Waals surface area contributed by atoms with Gasteiger partial charge in [0.15, 0.2) is 0 Å². The molecule has 0 saturated heterocycles. The highest BCUT2D eigenvalue weighted by Crippen LogP contribution is 2.25. The van der Waals surface area contributed by atoms with Gasteiger partial charge in [-0.1, -0.05) is 57.9 Å². The van der Waals surface area contributed by atoms with Crippen LogP contribution >= 0.6 is 39.9 Å². The zero-order valence-electron chi connectivity index (χ0n) is 15.5. The maximum absolute atomic E-state index is 6.22. The molecule has 0 aliphatic rings. The fourth-order valence-corrected chi connectivity index (χ4v) is 3.28. The first-order valence-electron chi connectivity index (χ1n) is 8.64. The number of ether oxygens (including phenoxy) is 2. The highest BCUT2D eigenvalue weighted by molar-refractivity contribution is 9.10. The molecule has 3 nitrogen and oxygen atoms in total. The Morgan fingerprint density at radius 2 is 1.68 bits per heavy atom. The zero-order valence-corrected chi connectivity index (χ0v) is 18.6. The molecule has 3 rings (SSSR count). The smallest absolute Gasteiger partial charge is 0.124 e. The lowest BCUT2D eigenvalue weighted by atomic mass is 10.1. The minimum atomic E-state index is 0. The third-order valence-corrected chi connectivity index (χ3v) is 5.03. The summed E-state index contributed by atoms with van der Waals surface area (Å²) in [4.78, 5) is 0. The highest BCUT2D eigenvalue weighted by Gasteiger charge is 2.07. The van der Waals surface area contributed by atoms with Gasteiger partial charge < -0.3 is 14.8 Å². The summed E-state index contributed by atoms with van der Waals surface area (Å²) in [5.41, 5.74) is 3.26. The number of rotatable bonds is 8. The quantitative estimate of drug-likeness (QED) is 0.402. The number of hydrogen-bond donors (Lipinski definition) is 1. The highest BCUT2D eigenvalue weighted by atomic mass is 79.9. The van der Waals surface area contributed by atoms with Gasteiger partial charge in [-0.3, -0.25) is 0 Å². The molecule has 0 aliphatic heterocycles. The van der Waals surface area contributed by atoms with Gasteiger partial charge in [-0.15, -0.1) is 12.4 Å². The Bertz CT molecular complexity index is 888. The van der Waals surface area contributed by atoms with Crippen LogP contribution in [0.4, 0.5) is 0 Å². The third-order valence-electron chi connectivity index (χ3n) is 4.17. The fourth-order valence-electron chi connectivity index (χ4n) is 2.68. The van der Waals surface area contributed by atoms with Crippen molar-refractivity contribution in [2.45, 2.75) is 19.7 Å². The van der Waals surface area contributed by atoms with Crippen molar-refractivity contribution < 1.29 is 9.47 Å². The number of benzene rings is 3. The molecule has 0 spiro atoms. The molecule has 0 aromatic heterocycles. The topological polar surface area (TPSA) is 30.5 Å². The van der Waals surface area contributed by atoms with Crippen LogP contribution in [0.2, 0.25) is 5.02 Å². The standard InChI is InChI=1S/C22H21BrClNO2.ClH/c1-26-20-9-6-16(7-10-20)13-25-14-18-12-19(23)8-11-22(18)27-15-17-4-2-3-5-21(17)24;/h2-12,25H,13-15H2,1H3;1H. The van der Waals surface area contributed by atoms with Crippen LogP contribution in [0, 0.1) is 0 Å². The summed E-state index contributed by atoms with van der Waals surface area (Å²) in [6, 6.07) is 21.8. The van der Waals surface area contributed by atoms with E-state index < -0.39 is 0 Å². The zero-order chi connectivity index (χ0) is 19.1. The minimum Gasteiger partial charge on any atom is -0.497 e. The van der Waals surface area contributed by atoms with Crippen LogP contribution in [0.15, 0.2) is 71.2 Å². The van der Waals surface area contributed by atoms with Crippen LogP contribution in [-0.2, 0) is 19.7 Å². The van der Waals surface area contributed by atoms with E-state index in [0.29, 0.717) is 18.2 Å². The maximum Gasteiger partial charge on any atom is 0.124 e. The normalized spacial score (nSPS) is 10.2. The second-order valence-corrected chi connectivity index (χ2v) is 7.41. The lowest BCUT2D eigenvalue weighted by Crippen LogP contribution is -2.13. The lowest BCUT2D eigenvalue weighted by Gasteiger charge is -2.14. The Morgan fingerprint density at radius 3 is 2.39 bits per heavy atom. The first kappa shape index (κ1) is 22.6. The minimum absolute atomic E-state index is 0. The lowest BCUT2D eigenvalue weighted by molar-refractivity contribution is 0.302. The summed E-state index contributed by atoms with van der Waals surface area (Å²) in [7, 11) is 1.67. The van der Waals surface area contributed by atoms with Gasteiger partial charge in [0.05, 0.1) is 7.11 Å². The summed E-state index contributed by atoms with van der Waals surface area (Å²) >= 11 is 9.76. The van der Waals surface area contributed by atoms with Crippen LogP contribution in [-0.4, -0.2) is 7.11 Å². The average molecular weight is 483 g/mol. The SMILES string of the molecule is COc1ccc(CNCc2cc(Br)ccc2OCc2ccccc2Cl)cc1.Cl. The van der Waals surface area contributed by atoms with Crippen molar-refractivity contribution >= 4 is 39.9 Å². The fraction of sp³-hybridized carbons (Fsp3) is 0.182. The van der Waals surface area contributed by atoms with Gasteiger partial charge in [-0.05, 0) is 42.0 Å². The van der Waals surface area contributed by atoms with Gasteiger partial charge in [0.2, 0.25) is 0 Å². The van der Waals surface area contributed by atoms with Crippen LogP contribution < -0.4 is 14.8 Å². The first-order valence-corrected chi connectivity index (χ1v) is 9.81. The van der Waals surface area contributed by atoms with Gasteiger partial charge >= 0.3 is 0 Å².